The topological polar surface area (TPSA) is 119 Å². The highest BCUT2D eigenvalue weighted by molar-refractivity contribution is 7.90. The lowest BCUT2D eigenvalue weighted by Crippen LogP contribution is -2.28. The van der Waals surface area contributed by atoms with E-state index in [2.05, 4.69) is 4.98 Å². The number of sulfonamides is 1. The van der Waals surface area contributed by atoms with Crippen LogP contribution in [0.4, 0.5) is 5.69 Å². The fourth-order valence-corrected chi connectivity index (χ4v) is 5.38. The number of rotatable bonds is 4. The second-order valence-electron chi connectivity index (χ2n) is 6.66. The van der Waals surface area contributed by atoms with E-state index in [1.807, 2.05) is 10.8 Å². The van der Waals surface area contributed by atoms with Crippen LogP contribution in [0, 0.1) is 0 Å². The minimum Gasteiger partial charge on any atom is -0.397 e. The van der Waals surface area contributed by atoms with Gasteiger partial charge in [-0.25, -0.2) is 18.1 Å². The van der Waals surface area contributed by atoms with Gasteiger partial charge in [0, 0.05) is 23.6 Å². The molecule has 4 rings (SSSR count). The van der Waals surface area contributed by atoms with Crippen LogP contribution in [-0.4, -0.2) is 25.1 Å². The Labute approximate surface area is 165 Å². The number of pyridine rings is 1. The van der Waals surface area contributed by atoms with Gasteiger partial charge in [-0.1, -0.05) is 0 Å². The van der Waals surface area contributed by atoms with Crippen molar-refractivity contribution >= 4 is 49.0 Å². The molecule has 0 unspecified atom stereocenters. The van der Waals surface area contributed by atoms with E-state index in [1.54, 1.807) is 0 Å². The van der Waals surface area contributed by atoms with E-state index in [0.717, 1.165) is 42.1 Å². The first-order chi connectivity index (χ1) is 13.3. The average Bonchev–Trinajstić information content (AvgIpc) is 3.22. The molecule has 0 saturated carbocycles. The number of aromatic nitrogens is 1. The first-order valence-corrected chi connectivity index (χ1v) is 10.9. The van der Waals surface area contributed by atoms with E-state index >= 15 is 0 Å². The van der Waals surface area contributed by atoms with Gasteiger partial charge in [0.25, 0.3) is 10.0 Å². The van der Waals surface area contributed by atoms with Gasteiger partial charge in [0.05, 0.1) is 10.6 Å². The number of ketones is 1. The number of nitrogens with zero attached hydrogens (tertiary/aromatic N) is 1. The van der Waals surface area contributed by atoms with Gasteiger partial charge in [0.15, 0.2) is 0 Å². The Bertz CT molecular complexity index is 1230. The lowest BCUT2D eigenvalue weighted by Gasteiger charge is -2.05. The van der Waals surface area contributed by atoms with Crippen LogP contribution in [0.5, 0.6) is 0 Å². The minimum atomic E-state index is -3.94. The van der Waals surface area contributed by atoms with E-state index in [0.29, 0.717) is 16.1 Å². The number of carbonyl (C=O) groups is 2. The van der Waals surface area contributed by atoms with Crippen molar-refractivity contribution < 1.29 is 18.0 Å². The third-order valence-electron chi connectivity index (χ3n) is 4.66. The molecule has 2 aromatic heterocycles. The van der Waals surface area contributed by atoms with Gasteiger partial charge in [-0.05, 0) is 55.2 Å². The van der Waals surface area contributed by atoms with Crippen LogP contribution >= 0.6 is 11.3 Å². The molecule has 0 bridgehead atoms. The van der Waals surface area contributed by atoms with Crippen molar-refractivity contribution in [2.24, 2.45) is 0 Å². The number of nitrogen functional groups attached to an aromatic ring is 1. The van der Waals surface area contributed by atoms with Crippen LogP contribution in [0.25, 0.3) is 10.2 Å². The molecule has 1 aromatic carbocycles. The number of amides is 1. The van der Waals surface area contributed by atoms with Gasteiger partial charge in [-0.2, -0.15) is 0 Å². The molecule has 0 atom stereocenters. The Kier molecular flexibility index (Phi) is 4.43. The molecule has 1 amide bonds. The summed E-state index contributed by atoms with van der Waals surface area (Å²) in [5, 5.41) is 0.791. The number of fused-ring (bicyclic) bond motifs is 2. The van der Waals surface area contributed by atoms with Gasteiger partial charge in [-0.15, -0.1) is 11.3 Å². The summed E-state index contributed by atoms with van der Waals surface area (Å²) in [6.45, 7) is 1.11. The number of thiophene rings is 1. The fraction of sp³-hybridized carbons (Fsp3) is 0.211. The van der Waals surface area contributed by atoms with E-state index in [4.69, 9.17) is 5.73 Å². The average molecular weight is 415 g/mol. The molecule has 1 aliphatic carbocycles. The van der Waals surface area contributed by atoms with Gasteiger partial charge in [0.1, 0.15) is 9.71 Å². The zero-order chi connectivity index (χ0) is 20.1. The van der Waals surface area contributed by atoms with Crippen LogP contribution in [0.15, 0.2) is 35.2 Å². The number of nitrogens with two attached hydrogens (primary N) is 1. The zero-order valence-electron chi connectivity index (χ0n) is 15.0. The highest BCUT2D eigenvalue weighted by Gasteiger charge is 2.23. The Morgan fingerprint density at radius 2 is 1.89 bits per heavy atom. The summed E-state index contributed by atoms with van der Waals surface area (Å²) >= 11 is 1.25. The lowest BCUT2D eigenvalue weighted by molar-refractivity contribution is -0.117. The molecule has 9 heteroatoms. The van der Waals surface area contributed by atoms with Crippen LogP contribution in [-0.2, 0) is 27.7 Å². The molecule has 3 N–H and O–H groups in total. The number of hydrogen-bond donors (Lipinski definition) is 2. The molecular weight excluding hydrogens is 398 g/mol. The Morgan fingerprint density at radius 3 is 2.57 bits per heavy atom. The second-order valence-corrected chi connectivity index (χ2v) is 9.34. The molecule has 7 nitrogen and oxygen atoms in total. The first-order valence-electron chi connectivity index (χ1n) is 8.65. The Balaban J connectivity index is 1.68. The molecule has 1 aliphatic rings. The molecule has 0 saturated heterocycles. The molecule has 0 aliphatic heterocycles. The normalized spacial score (nSPS) is 13.5. The van der Waals surface area contributed by atoms with Crippen molar-refractivity contribution in [1.82, 2.24) is 9.71 Å². The molecule has 2 heterocycles. The van der Waals surface area contributed by atoms with Crippen LogP contribution in [0.1, 0.15) is 39.8 Å². The Morgan fingerprint density at radius 1 is 1.18 bits per heavy atom. The molecule has 0 spiro atoms. The monoisotopic (exact) mass is 415 g/mol. The van der Waals surface area contributed by atoms with Gasteiger partial charge < -0.3 is 5.73 Å². The molecule has 28 heavy (non-hydrogen) atoms. The predicted molar refractivity (Wildman–Crippen MR) is 107 cm³/mol. The van der Waals surface area contributed by atoms with Crippen molar-refractivity contribution in [3.63, 3.8) is 0 Å². The third-order valence-corrected chi connectivity index (χ3v) is 7.22. The van der Waals surface area contributed by atoms with Crippen LogP contribution in [0.2, 0.25) is 0 Å². The van der Waals surface area contributed by atoms with E-state index in [1.165, 1.54) is 41.2 Å². The maximum Gasteiger partial charge on any atom is 0.264 e. The van der Waals surface area contributed by atoms with E-state index in [-0.39, 0.29) is 10.7 Å². The standard InChI is InChI=1S/C19H17N3O4S2/c1-10(23)22-28(25,26)13-7-5-11(6-8-13)17(24)18-16(20)14-9-12-3-2-4-15(12)21-19(14)27-18/h5-9H,2-4,20H2,1H3,(H,22,23). The highest BCUT2D eigenvalue weighted by atomic mass is 32.2. The summed E-state index contributed by atoms with van der Waals surface area (Å²) < 4.78 is 25.9. The number of anilines is 1. The second kappa shape index (κ2) is 6.68. The molecule has 144 valence electrons. The van der Waals surface area contributed by atoms with Crippen molar-refractivity contribution in [3.05, 3.63) is 52.0 Å². The predicted octanol–water partition coefficient (Wildman–Crippen LogP) is 2.42. The quantitative estimate of drug-likeness (QED) is 0.632. The van der Waals surface area contributed by atoms with Gasteiger partial charge in [0.2, 0.25) is 11.7 Å². The smallest absolute Gasteiger partial charge is 0.264 e. The third kappa shape index (κ3) is 3.16. The number of benzene rings is 1. The number of hydrogen-bond acceptors (Lipinski definition) is 7. The van der Waals surface area contributed by atoms with Crippen molar-refractivity contribution in [1.29, 1.82) is 0 Å². The maximum atomic E-state index is 12.9. The number of carbonyl (C=O) groups excluding carboxylic acids is 2. The molecular formula is C19H17N3O4S2. The van der Waals surface area contributed by atoms with Crippen LogP contribution < -0.4 is 10.5 Å². The first kappa shape index (κ1) is 18.6. The summed E-state index contributed by atoms with van der Waals surface area (Å²) in [4.78, 5) is 29.6. The van der Waals surface area contributed by atoms with Gasteiger partial charge >= 0.3 is 0 Å². The summed E-state index contributed by atoms with van der Waals surface area (Å²) in [6, 6.07) is 7.42. The summed E-state index contributed by atoms with van der Waals surface area (Å²) in [5.41, 5.74) is 9.20. The maximum absolute atomic E-state index is 12.9. The van der Waals surface area contributed by atoms with Crippen molar-refractivity contribution in [2.45, 2.75) is 31.1 Å². The molecule has 0 fully saturated rings. The summed E-state index contributed by atoms with van der Waals surface area (Å²) in [7, 11) is -3.94. The zero-order valence-corrected chi connectivity index (χ0v) is 16.6. The molecule has 3 aromatic rings. The molecule has 0 radical (unpaired) electrons. The van der Waals surface area contributed by atoms with Crippen molar-refractivity contribution in [3.8, 4) is 0 Å². The largest absolute Gasteiger partial charge is 0.397 e. The number of nitrogens with one attached hydrogen (secondary N) is 1. The summed E-state index contributed by atoms with van der Waals surface area (Å²) in [6.07, 6.45) is 3.00. The lowest BCUT2D eigenvalue weighted by atomic mass is 10.1. The van der Waals surface area contributed by atoms with Crippen LogP contribution in [0.3, 0.4) is 0 Å². The highest BCUT2D eigenvalue weighted by Crippen LogP contribution is 2.37. The minimum absolute atomic E-state index is 0.0957. The van der Waals surface area contributed by atoms with Crippen molar-refractivity contribution in [2.75, 3.05) is 5.73 Å². The van der Waals surface area contributed by atoms with E-state index < -0.39 is 15.9 Å². The summed E-state index contributed by atoms with van der Waals surface area (Å²) in [5.74, 6) is -0.971. The Hall–Kier alpha value is -2.78. The fourth-order valence-electron chi connectivity index (χ4n) is 3.33. The van der Waals surface area contributed by atoms with E-state index in [9.17, 15) is 18.0 Å². The van der Waals surface area contributed by atoms with Gasteiger partial charge in [-0.3, -0.25) is 9.59 Å². The SMILES string of the molecule is CC(=O)NS(=O)(=O)c1ccc(C(=O)c2sc3nc4c(cc3c2N)CCC4)cc1. The number of aryl methyl sites for hydroxylation is 2.